The third kappa shape index (κ3) is 6.48. The molecule has 2 aromatic carbocycles. The molecule has 146 valence electrons. The standard InChI is InChI=1S/C17H13BrCl2F3NO3/c18-5-6-26-14-4-2-11(8-13(14)20)24-16(25)9-27-15-3-1-10(7-12(15)19)17(21,22)23/h1-4,7-8H,5-6,9H2,(H,24,25). The number of carbonyl (C=O) groups is 1. The normalized spacial score (nSPS) is 11.2. The Balaban J connectivity index is 1.94. The van der Waals surface area contributed by atoms with E-state index in [1.807, 2.05) is 0 Å². The van der Waals surface area contributed by atoms with E-state index in [4.69, 9.17) is 32.7 Å². The number of ether oxygens (including phenoxy) is 2. The van der Waals surface area contributed by atoms with Crippen LogP contribution in [0.25, 0.3) is 0 Å². The Morgan fingerprint density at radius 2 is 1.67 bits per heavy atom. The van der Waals surface area contributed by atoms with Crippen molar-refractivity contribution in [1.82, 2.24) is 0 Å². The molecule has 0 heterocycles. The van der Waals surface area contributed by atoms with Crippen LogP contribution in [-0.4, -0.2) is 24.5 Å². The molecule has 0 atom stereocenters. The summed E-state index contributed by atoms with van der Waals surface area (Å²) in [6, 6.07) is 7.33. The minimum absolute atomic E-state index is 0.0311. The van der Waals surface area contributed by atoms with Crippen LogP contribution >= 0.6 is 39.1 Å². The van der Waals surface area contributed by atoms with Crippen LogP contribution < -0.4 is 14.8 Å². The van der Waals surface area contributed by atoms with Gasteiger partial charge in [-0.05, 0) is 36.4 Å². The Morgan fingerprint density at radius 3 is 2.26 bits per heavy atom. The second kappa shape index (κ2) is 9.52. The van der Waals surface area contributed by atoms with Crippen LogP contribution in [0.4, 0.5) is 18.9 Å². The van der Waals surface area contributed by atoms with Crippen LogP contribution in [0.3, 0.4) is 0 Å². The molecule has 1 N–H and O–H groups in total. The average molecular weight is 487 g/mol. The van der Waals surface area contributed by atoms with E-state index in [0.717, 1.165) is 18.2 Å². The van der Waals surface area contributed by atoms with E-state index in [0.29, 0.717) is 28.4 Å². The number of alkyl halides is 4. The Bertz CT molecular complexity index is 818. The van der Waals surface area contributed by atoms with Crippen molar-refractivity contribution >= 4 is 50.7 Å². The maximum Gasteiger partial charge on any atom is 0.416 e. The first-order chi connectivity index (χ1) is 12.7. The summed E-state index contributed by atoms with van der Waals surface area (Å²) in [5.74, 6) is -0.0885. The fraction of sp³-hybridized carbons (Fsp3) is 0.235. The summed E-state index contributed by atoms with van der Waals surface area (Å²) in [5, 5.41) is 3.28. The SMILES string of the molecule is O=C(COc1ccc(C(F)(F)F)cc1Cl)Nc1ccc(OCCBr)c(Cl)c1. The first-order valence-electron chi connectivity index (χ1n) is 7.48. The lowest BCUT2D eigenvalue weighted by atomic mass is 10.2. The predicted molar refractivity (Wildman–Crippen MR) is 101 cm³/mol. The molecule has 0 saturated carbocycles. The summed E-state index contributed by atoms with van der Waals surface area (Å²) in [6.45, 7) is -0.00229. The van der Waals surface area contributed by atoms with Crippen LogP contribution in [0.5, 0.6) is 11.5 Å². The van der Waals surface area contributed by atoms with Gasteiger partial charge in [0.25, 0.3) is 5.91 Å². The zero-order chi connectivity index (χ0) is 20.0. The maximum atomic E-state index is 12.6. The predicted octanol–water partition coefficient (Wildman–Crippen LogP) is 5.80. The number of hydrogen-bond acceptors (Lipinski definition) is 3. The highest BCUT2D eigenvalue weighted by Crippen LogP contribution is 2.34. The maximum absolute atomic E-state index is 12.6. The molecule has 0 aliphatic heterocycles. The molecule has 0 saturated heterocycles. The lowest BCUT2D eigenvalue weighted by Gasteiger charge is -2.12. The van der Waals surface area contributed by atoms with Gasteiger partial charge >= 0.3 is 6.18 Å². The smallest absolute Gasteiger partial charge is 0.416 e. The Kier molecular flexibility index (Phi) is 7.64. The fourth-order valence-electron chi connectivity index (χ4n) is 1.98. The second-order valence-corrected chi connectivity index (χ2v) is 6.77. The van der Waals surface area contributed by atoms with Gasteiger partial charge in [-0.3, -0.25) is 4.79 Å². The summed E-state index contributed by atoms with van der Waals surface area (Å²) in [7, 11) is 0. The number of amides is 1. The van der Waals surface area contributed by atoms with E-state index in [2.05, 4.69) is 21.2 Å². The van der Waals surface area contributed by atoms with Gasteiger partial charge in [-0.2, -0.15) is 13.2 Å². The van der Waals surface area contributed by atoms with Crippen LogP contribution in [0.15, 0.2) is 36.4 Å². The largest absolute Gasteiger partial charge is 0.491 e. The molecule has 2 rings (SSSR count). The summed E-state index contributed by atoms with van der Waals surface area (Å²) >= 11 is 15.1. The average Bonchev–Trinajstić information content (AvgIpc) is 2.59. The van der Waals surface area contributed by atoms with Crippen molar-refractivity contribution in [2.75, 3.05) is 23.9 Å². The van der Waals surface area contributed by atoms with Crippen molar-refractivity contribution in [1.29, 1.82) is 0 Å². The zero-order valence-corrected chi connectivity index (χ0v) is 16.7. The van der Waals surface area contributed by atoms with Gasteiger partial charge in [0, 0.05) is 11.0 Å². The molecular weight excluding hydrogens is 474 g/mol. The van der Waals surface area contributed by atoms with Crippen LogP contribution in [0.2, 0.25) is 10.0 Å². The first-order valence-corrected chi connectivity index (χ1v) is 9.36. The van der Waals surface area contributed by atoms with Crippen molar-refractivity contribution in [2.24, 2.45) is 0 Å². The minimum Gasteiger partial charge on any atom is -0.491 e. The van der Waals surface area contributed by atoms with Crippen molar-refractivity contribution in [3.63, 3.8) is 0 Å². The Labute approximate surface area is 171 Å². The second-order valence-electron chi connectivity index (χ2n) is 5.16. The molecule has 27 heavy (non-hydrogen) atoms. The van der Waals surface area contributed by atoms with Crippen LogP contribution in [0, 0.1) is 0 Å². The topological polar surface area (TPSA) is 47.6 Å². The molecule has 4 nitrogen and oxygen atoms in total. The van der Waals surface area contributed by atoms with Crippen molar-refractivity contribution in [3.05, 3.63) is 52.0 Å². The van der Waals surface area contributed by atoms with Crippen LogP contribution in [-0.2, 0) is 11.0 Å². The highest BCUT2D eigenvalue weighted by molar-refractivity contribution is 9.09. The Morgan fingerprint density at radius 1 is 1.04 bits per heavy atom. The van der Waals surface area contributed by atoms with E-state index in [1.54, 1.807) is 12.1 Å². The number of halogens is 6. The van der Waals surface area contributed by atoms with E-state index < -0.39 is 24.3 Å². The van der Waals surface area contributed by atoms with E-state index in [9.17, 15) is 18.0 Å². The third-order valence-electron chi connectivity index (χ3n) is 3.17. The molecule has 10 heteroatoms. The van der Waals surface area contributed by atoms with E-state index in [-0.39, 0.29) is 10.8 Å². The minimum atomic E-state index is -4.51. The summed E-state index contributed by atoms with van der Waals surface area (Å²) < 4.78 is 48.4. The van der Waals surface area contributed by atoms with Gasteiger partial charge in [0.2, 0.25) is 0 Å². The molecule has 0 unspecified atom stereocenters. The molecule has 0 fully saturated rings. The van der Waals surface area contributed by atoms with Crippen LogP contribution in [0.1, 0.15) is 5.56 Å². The van der Waals surface area contributed by atoms with Gasteiger partial charge in [-0.1, -0.05) is 39.1 Å². The van der Waals surface area contributed by atoms with E-state index >= 15 is 0 Å². The summed E-state index contributed by atoms with van der Waals surface area (Å²) in [6.07, 6.45) is -4.51. The number of anilines is 1. The number of benzene rings is 2. The molecule has 0 aliphatic carbocycles. The molecule has 0 aliphatic rings. The number of rotatable bonds is 7. The molecule has 0 bridgehead atoms. The van der Waals surface area contributed by atoms with Gasteiger partial charge in [0.15, 0.2) is 6.61 Å². The number of carbonyl (C=O) groups excluding carboxylic acids is 1. The third-order valence-corrected chi connectivity index (χ3v) is 4.08. The van der Waals surface area contributed by atoms with Gasteiger partial charge in [0.05, 0.1) is 22.2 Å². The van der Waals surface area contributed by atoms with E-state index in [1.165, 1.54) is 6.07 Å². The Hall–Kier alpha value is -1.64. The molecular formula is C17H13BrCl2F3NO3. The molecule has 0 aromatic heterocycles. The van der Waals surface area contributed by atoms with Gasteiger partial charge in [-0.15, -0.1) is 0 Å². The van der Waals surface area contributed by atoms with Gasteiger partial charge in [-0.25, -0.2) is 0 Å². The lowest BCUT2D eigenvalue weighted by Crippen LogP contribution is -2.20. The number of nitrogens with one attached hydrogen (secondary N) is 1. The van der Waals surface area contributed by atoms with Crippen molar-refractivity contribution in [3.8, 4) is 11.5 Å². The molecule has 0 spiro atoms. The lowest BCUT2D eigenvalue weighted by molar-refractivity contribution is -0.137. The summed E-state index contributed by atoms with van der Waals surface area (Å²) in [5.41, 5.74) is -0.487. The summed E-state index contributed by atoms with van der Waals surface area (Å²) in [4.78, 5) is 12.0. The van der Waals surface area contributed by atoms with Gasteiger partial charge in [0.1, 0.15) is 11.5 Å². The number of hydrogen-bond donors (Lipinski definition) is 1. The van der Waals surface area contributed by atoms with Crippen molar-refractivity contribution < 1.29 is 27.4 Å². The highest BCUT2D eigenvalue weighted by Gasteiger charge is 2.31. The highest BCUT2D eigenvalue weighted by atomic mass is 79.9. The molecule has 1 amide bonds. The van der Waals surface area contributed by atoms with Gasteiger partial charge < -0.3 is 14.8 Å². The monoisotopic (exact) mass is 485 g/mol. The molecule has 0 radical (unpaired) electrons. The fourth-order valence-corrected chi connectivity index (χ4v) is 2.61. The quantitative estimate of drug-likeness (QED) is 0.503. The first kappa shape index (κ1) is 21.7. The van der Waals surface area contributed by atoms with Crippen molar-refractivity contribution in [2.45, 2.75) is 6.18 Å². The molecule has 2 aromatic rings. The zero-order valence-electron chi connectivity index (χ0n) is 13.6.